The molecule has 11 rings (SSSR count). The average molecular weight is 2010 g/mol. The van der Waals surface area contributed by atoms with Crippen LogP contribution < -0.4 is 26.6 Å². The van der Waals surface area contributed by atoms with Crippen molar-refractivity contribution in [2.75, 3.05) is 72.7 Å². The molecule has 0 saturated carbocycles. The maximum absolute atomic E-state index is 13.2. The standard InChI is InChI=1S/C76H127N5O56/c1-17(91)77-33-43(101)58(25(9-85)119-66(33)116)130-68-35(79-19(3)93)46(104)62(29(13-89)124-68)135-75-57(115)64(136-74-56(114)52(110)63(30(14-90)127-74)131-69-36(80-20(4)94)45(103)60(27(11-87)125-69)133-72-54(112)49(107)39(97)23(7-83)121-72)42(100)32(128-75)16-118-76-65(137-70-37(81-21(5)95)47(105)61(28(12-88)126-70)134-73-55(113)50(108)40(98)24(8-84)122-73)51(109)41(99)31(129-76)15-117-67-34(78-18(2)92)44(102)59(26(10-86)123-67)132-71-53(111)48(106)38(96)22(6-82)120-71/h22-76,82-90,96-116H,6-16H2,1-5H3,(H,77,91)(H,78,92)(H,79,93)(H,80,94)(H,81,95)/t22-,23-,24-,25-,26-,27-,28-,29-,30-,31-,32-,33-,34-,35-,36-,37-,38+,39+,40+,41-,42-,43-,44-,45-,46-,47-,48+,49+,50+,51+,52-,53-,54-,55-,56+,57+,58-,59-,60-,61-,62-,63-,64+,65+,66-,67-,68+,69+,70+,71+,72+,73+,74-,75+,76+/m1/s1. The molecule has 137 heavy (non-hydrogen) atoms. The third kappa shape index (κ3) is 25.2. The highest BCUT2D eigenvalue weighted by Crippen LogP contribution is 2.42. The molecule has 792 valence electrons. The van der Waals surface area contributed by atoms with Gasteiger partial charge in [-0.15, -0.1) is 0 Å². The van der Waals surface area contributed by atoms with Crippen molar-refractivity contribution in [3.8, 4) is 0 Å². The molecule has 0 radical (unpaired) electrons. The normalized spacial score (nSPS) is 48.9. The lowest BCUT2D eigenvalue weighted by Crippen LogP contribution is -2.71. The summed E-state index contributed by atoms with van der Waals surface area (Å²) in [6, 6.07) is -9.49. The molecule has 0 aliphatic carbocycles. The number of aliphatic hydroxyl groups is 30. The summed E-state index contributed by atoms with van der Waals surface area (Å²) in [5, 5.41) is 348. The van der Waals surface area contributed by atoms with E-state index in [0.29, 0.717) is 0 Å². The number of carbonyl (C=O) groups is 5. The molecule has 11 fully saturated rings. The maximum Gasteiger partial charge on any atom is 0.217 e. The van der Waals surface area contributed by atoms with Crippen LogP contribution in [0.25, 0.3) is 0 Å². The number of amides is 5. The van der Waals surface area contributed by atoms with Crippen LogP contribution in [0.15, 0.2) is 0 Å². The van der Waals surface area contributed by atoms with Crippen molar-refractivity contribution in [2.45, 2.75) is 372 Å². The van der Waals surface area contributed by atoms with Gasteiger partial charge in [0.15, 0.2) is 69.2 Å². The highest BCUT2D eigenvalue weighted by Gasteiger charge is 2.63. The first-order valence-electron chi connectivity index (χ1n) is 43.6. The van der Waals surface area contributed by atoms with Crippen LogP contribution in [-0.4, -0.2) is 593 Å². The summed E-state index contributed by atoms with van der Waals surface area (Å²) >= 11 is 0. The van der Waals surface area contributed by atoms with Gasteiger partial charge in [-0.2, -0.15) is 0 Å². The minimum absolute atomic E-state index is 0.820. The second-order valence-electron chi connectivity index (χ2n) is 34.6. The molecule has 11 heterocycles. The fourth-order valence-corrected chi connectivity index (χ4v) is 17.8. The summed E-state index contributed by atoms with van der Waals surface area (Å²) in [6.45, 7) is -7.76. The van der Waals surface area contributed by atoms with Gasteiger partial charge in [0.1, 0.15) is 268 Å². The minimum atomic E-state index is -2.65. The first kappa shape index (κ1) is 113. The number of carbonyl (C=O) groups excluding carboxylic acids is 5. The van der Waals surface area contributed by atoms with E-state index in [-0.39, 0.29) is 0 Å². The molecule has 0 unspecified atom stereocenters. The average Bonchev–Trinajstić information content (AvgIpc) is 0.774. The number of nitrogens with one attached hydrogen (secondary N) is 5. The first-order chi connectivity index (χ1) is 64.8. The lowest BCUT2D eigenvalue weighted by Gasteiger charge is -2.51. The van der Waals surface area contributed by atoms with Crippen LogP contribution in [0.4, 0.5) is 0 Å². The molecule has 61 nitrogen and oxygen atoms in total. The second-order valence-corrected chi connectivity index (χ2v) is 34.6. The Kier molecular flexibility index (Phi) is 40.7. The van der Waals surface area contributed by atoms with Crippen LogP contribution >= 0.6 is 0 Å². The van der Waals surface area contributed by atoms with Gasteiger partial charge in [-0.3, -0.25) is 24.0 Å². The lowest BCUT2D eigenvalue weighted by atomic mass is 9.93. The van der Waals surface area contributed by atoms with Crippen LogP contribution in [0.1, 0.15) is 34.6 Å². The molecule has 11 saturated heterocycles. The van der Waals surface area contributed by atoms with E-state index in [2.05, 4.69) is 26.6 Å². The van der Waals surface area contributed by atoms with Crippen LogP contribution in [0.5, 0.6) is 0 Å². The van der Waals surface area contributed by atoms with Crippen molar-refractivity contribution < 1.29 is 277 Å². The van der Waals surface area contributed by atoms with Gasteiger partial charge >= 0.3 is 0 Å². The Hall–Kier alpha value is -4.69. The number of rotatable bonds is 36. The fraction of sp³-hybridized carbons (Fsp3) is 0.934. The highest BCUT2D eigenvalue weighted by atomic mass is 16.8. The molecule has 0 spiro atoms. The zero-order valence-corrected chi connectivity index (χ0v) is 73.6. The molecule has 35 N–H and O–H groups in total. The Morgan fingerprint density at radius 1 is 0.190 bits per heavy atom. The van der Waals surface area contributed by atoms with E-state index in [4.69, 9.17) is 99.5 Å². The highest BCUT2D eigenvalue weighted by molar-refractivity contribution is 5.75. The van der Waals surface area contributed by atoms with Crippen molar-refractivity contribution in [1.29, 1.82) is 0 Å². The molecule has 0 aromatic heterocycles. The SMILES string of the molecule is CC(=O)N[C@@H]1[C@@H](O)[C@H](O[C@@H]2O[C@H](CO)[C@@H](O[C@@H]3O[C@H](CO[C@H]4O[C@H](CO[C@@H]5O[C@H](CO)[C@@H](O[C@@H]6O[C@H](CO)[C@H](O)[C@H](O)[C@H]6O)[C@H](O)[C@H]5NC(C)=O)[C@@H](O)[C@H](O)[C@@H]4O[C@@H]4O[C@H](CO)[C@@H](O[C@@H]5O[C@H](CO)[C@H](O)[C@H](O)[C@H]5O)[C@H](O)[C@H]4NC(C)=O)[C@@H](O)[C@H](O[C@H]4O[C@H](CO)[C@@H](O[C@@H]5O[C@H](CO)[C@@H](O[C@@H]6O[C@H](CO)[C@H](O)[C@H](O)[C@H]6O)[C@H](O)[C@H]5NC(C)=O)[C@H](O)[C@@H]4O)[C@@H]3O)[C@H](O)[C@H]2NC(C)=O)[C@@H](CO)O[C@H]1O. The van der Waals surface area contributed by atoms with Crippen molar-refractivity contribution in [3.05, 3.63) is 0 Å². The molecule has 0 aromatic carbocycles. The van der Waals surface area contributed by atoms with E-state index in [0.717, 1.165) is 34.6 Å². The van der Waals surface area contributed by atoms with E-state index < -0.39 is 440 Å². The minimum Gasteiger partial charge on any atom is -0.394 e. The Morgan fingerprint density at radius 2 is 0.394 bits per heavy atom. The quantitative estimate of drug-likeness (QED) is 0.0277. The predicted octanol–water partition coefficient (Wildman–Crippen LogP) is -24.3. The third-order valence-electron chi connectivity index (χ3n) is 25.0. The summed E-state index contributed by atoms with van der Waals surface area (Å²) in [6.07, 6.45) is -106. The summed E-state index contributed by atoms with van der Waals surface area (Å²) in [5.74, 6) is -4.69. The first-order valence-corrected chi connectivity index (χ1v) is 43.6. The predicted molar refractivity (Wildman–Crippen MR) is 420 cm³/mol. The van der Waals surface area contributed by atoms with Crippen molar-refractivity contribution in [1.82, 2.24) is 26.6 Å². The Morgan fingerprint density at radius 3 is 0.723 bits per heavy atom. The van der Waals surface area contributed by atoms with E-state index in [1.54, 1.807) is 0 Å². The summed E-state index contributed by atoms with van der Waals surface area (Å²) < 4.78 is 125. The van der Waals surface area contributed by atoms with E-state index >= 15 is 0 Å². The lowest BCUT2D eigenvalue weighted by molar-refractivity contribution is -0.394. The monoisotopic (exact) mass is 2010 g/mol. The largest absolute Gasteiger partial charge is 0.394 e. The molecular formula is C76H127N5O56. The molecule has 0 aromatic rings. The third-order valence-corrected chi connectivity index (χ3v) is 25.0. The van der Waals surface area contributed by atoms with Gasteiger partial charge in [0.25, 0.3) is 0 Å². The van der Waals surface area contributed by atoms with Gasteiger partial charge in [-0.25, -0.2) is 0 Å². The van der Waals surface area contributed by atoms with Gasteiger partial charge in [0.05, 0.1) is 72.7 Å². The topological polar surface area (TPSA) is 946 Å². The van der Waals surface area contributed by atoms with Crippen LogP contribution in [0, 0.1) is 0 Å². The zero-order chi connectivity index (χ0) is 101. The molecule has 55 atom stereocenters. The Bertz CT molecular complexity index is 3780. The van der Waals surface area contributed by atoms with Crippen LogP contribution in [0.3, 0.4) is 0 Å². The van der Waals surface area contributed by atoms with Gasteiger partial charge in [0, 0.05) is 34.6 Å². The van der Waals surface area contributed by atoms with Gasteiger partial charge in [-0.05, 0) is 0 Å². The van der Waals surface area contributed by atoms with E-state index in [1.807, 2.05) is 0 Å². The van der Waals surface area contributed by atoms with Crippen LogP contribution in [-0.2, 0) is 123 Å². The van der Waals surface area contributed by atoms with E-state index in [1.165, 1.54) is 0 Å². The smallest absolute Gasteiger partial charge is 0.217 e. The van der Waals surface area contributed by atoms with Gasteiger partial charge in [0.2, 0.25) is 29.5 Å². The van der Waals surface area contributed by atoms with Gasteiger partial charge in [-0.1, -0.05) is 0 Å². The Labute approximate surface area is 775 Å². The molecule has 11 aliphatic rings. The fourth-order valence-electron chi connectivity index (χ4n) is 17.8. The molecular weight excluding hydrogens is 1880 g/mol. The maximum atomic E-state index is 13.2. The van der Waals surface area contributed by atoms with Gasteiger partial charge < -0.3 is 279 Å². The number of ether oxygens (including phenoxy) is 21. The van der Waals surface area contributed by atoms with Crippen LogP contribution in [0.2, 0.25) is 0 Å². The molecule has 61 heteroatoms. The molecule has 0 bridgehead atoms. The van der Waals surface area contributed by atoms with Crippen molar-refractivity contribution >= 4 is 29.5 Å². The summed E-state index contributed by atoms with van der Waals surface area (Å²) in [7, 11) is 0. The van der Waals surface area contributed by atoms with Crippen molar-refractivity contribution in [2.24, 2.45) is 0 Å². The molecule has 11 aliphatic heterocycles. The number of aliphatic hydroxyl groups excluding tert-OH is 30. The zero-order valence-electron chi connectivity index (χ0n) is 73.6. The Balaban J connectivity index is 0.931. The second kappa shape index (κ2) is 49.5. The number of hydrogen-bond acceptors (Lipinski definition) is 56. The molecule has 5 amide bonds. The number of hydrogen-bond donors (Lipinski definition) is 35. The summed E-state index contributed by atoms with van der Waals surface area (Å²) in [5.41, 5.74) is 0. The summed E-state index contributed by atoms with van der Waals surface area (Å²) in [4.78, 5) is 64.4. The van der Waals surface area contributed by atoms with Crippen molar-refractivity contribution in [3.63, 3.8) is 0 Å². The van der Waals surface area contributed by atoms with E-state index in [9.17, 15) is 177 Å².